The molecule has 3 nitrogen and oxygen atoms in total. The maximum Gasteiger partial charge on any atom is 0.268 e. The second-order valence-corrected chi connectivity index (χ2v) is 7.66. The van der Waals surface area contributed by atoms with Crippen LogP contribution in [0.1, 0.15) is 11.1 Å². The van der Waals surface area contributed by atoms with Gasteiger partial charge in [-0.2, -0.15) is 0 Å². The molecule has 0 aliphatic heterocycles. The van der Waals surface area contributed by atoms with Crippen LogP contribution in [0.4, 0.5) is 4.39 Å². The summed E-state index contributed by atoms with van der Waals surface area (Å²) in [6, 6.07) is 26.1. The highest BCUT2D eigenvalue weighted by Crippen LogP contribution is 2.26. The quantitative estimate of drug-likeness (QED) is 0.348. The molecule has 4 aromatic rings. The number of hydrogen-bond donors (Lipinski definition) is 0. The van der Waals surface area contributed by atoms with Crippen LogP contribution in [0.2, 0.25) is 0 Å². The lowest BCUT2D eigenvalue weighted by molar-refractivity contribution is 0.303. The van der Waals surface area contributed by atoms with Crippen molar-refractivity contribution in [2.75, 3.05) is 0 Å². The molecule has 0 saturated heterocycles. The third-order valence-electron chi connectivity index (χ3n) is 4.80. The van der Waals surface area contributed by atoms with Gasteiger partial charge in [0.2, 0.25) is 0 Å². The number of aromatic nitrogens is 1. The zero-order valence-corrected chi connectivity index (χ0v) is 17.7. The predicted molar refractivity (Wildman–Crippen MR) is 120 cm³/mol. The summed E-state index contributed by atoms with van der Waals surface area (Å²) in [6.07, 6.45) is 1.66. The summed E-state index contributed by atoms with van der Waals surface area (Å²) in [6.45, 7) is 0.614. The maximum atomic E-state index is 13.4. The summed E-state index contributed by atoms with van der Waals surface area (Å²) < 4.78 is 21.2. The lowest BCUT2D eigenvalue weighted by Crippen LogP contribution is -2.21. The zero-order chi connectivity index (χ0) is 20.9. The maximum absolute atomic E-state index is 13.4. The van der Waals surface area contributed by atoms with Gasteiger partial charge in [-0.3, -0.25) is 4.79 Å². The van der Waals surface area contributed by atoms with E-state index in [2.05, 4.69) is 34.1 Å². The lowest BCUT2D eigenvalue weighted by Gasteiger charge is -2.14. The van der Waals surface area contributed by atoms with E-state index in [0.29, 0.717) is 16.8 Å². The van der Waals surface area contributed by atoms with Crippen molar-refractivity contribution in [1.82, 2.24) is 4.57 Å². The summed E-state index contributed by atoms with van der Waals surface area (Å²) in [5.41, 5.74) is 3.72. The van der Waals surface area contributed by atoms with Crippen molar-refractivity contribution in [3.05, 3.63) is 123 Å². The van der Waals surface area contributed by atoms with Crippen LogP contribution in [0.3, 0.4) is 0 Å². The molecule has 0 spiro atoms. The molecule has 5 heteroatoms. The standard InChI is InChI=1S/C25H19BrFNO2/c26-24-23(13-14-28(25(24)29)16-18-7-6-11-21(27)15-18)30-17-20-10-4-5-12-22(20)19-8-2-1-3-9-19/h1-15H,16-17H2. The third-order valence-corrected chi connectivity index (χ3v) is 5.53. The summed E-state index contributed by atoms with van der Waals surface area (Å²) in [5.74, 6) is 0.148. The molecule has 0 amide bonds. The van der Waals surface area contributed by atoms with E-state index in [1.807, 2.05) is 36.4 Å². The van der Waals surface area contributed by atoms with Crippen LogP contribution >= 0.6 is 15.9 Å². The molecular weight excluding hydrogens is 445 g/mol. The first kappa shape index (κ1) is 20.1. The van der Waals surface area contributed by atoms with Gasteiger partial charge in [0.25, 0.3) is 5.56 Å². The van der Waals surface area contributed by atoms with E-state index in [4.69, 9.17) is 4.74 Å². The molecule has 0 atom stereocenters. The topological polar surface area (TPSA) is 31.2 Å². The van der Waals surface area contributed by atoms with Crippen molar-refractivity contribution in [3.8, 4) is 16.9 Å². The van der Waals surface area contributed by atoms with E-state index in [1.54, 1.807) is 24.4 Å². The molecule has 0 aliphatic carbocycles. The van der Waals surface area contributed by atoms with Crippen LogP contribution in [0.15, 0.2) is 100 Å². The molecule has 1 heterocycles. The average molecular weight is 464 g/mol. The Labute approximate surface area is 182 Å². The molecule has 0 unspecified atom stereocenters. The SMILES string of the molecule is O=c1c(Br)c(OCc2ccccc2-c2ccccc2)ccn1Cc1cccc(F)c1. The van der Waals surface area contributed by atoms with Gasteiger partial charge in [0.1, 0.15) is 22.6 Å². The van der Waals surface area contributed by atoms with Gasteiger partial charge in [0.05, 0.1) is 6.54 Å². The second kappa shape index (κ2) is 9.09. The molecule has 0 saturated carbocycles. The summed E-state index contributed by atoms with van der Waals surface area (Å²) in [5, 5.41) is 0. The van der Waals surface area contributed by atoms with E-state index in [9.17, 15) is 9.18 Å². The highest BCUT2D eigenvalue weighted by molar-refractivity contribution is 9.10. The Morgan fingerprint density at radius 3 is 2.47 bits per heavy atom. The molecule has 30 heavy (non-hydrogen) atoms. The van der Waals surface area contributed by atoms with Crippen molar-refractivity contribution in [2.45, 2.75) is 13.2 Å². The van der Waals surface area contributed by atoms with Gasteiger partial charge >= 0.3 is 0 Å². The molecule has 0 aliphatic rings. The lowest BCUT2D eigenvalue weighted by atomic mass is 10.0. The minimum atomic E-state index is -0.323. The predicted octanol–water partition coefficient (Wildman–Crippen LogP) is 6.04. The van der Waals surface area contributed by atoms with Crippen LogP contribution in [0.25, 0.3) is 11.1 Å². The molecule has 0 radical (unpaired) electrons. The molecule has 0 N–H and O–H groups in total. The minimum absolute atomic E-state index is 0.229. The van der Waals surface area contributed by atoms with Gasteiger partial charge in [0, 0.05) is 6.20 Å². The number of hydrogen-bond acceptors (Lipinski definition) is 2. The first-order valence-corrected chi connectivity index (χ1v) is 10.3. The van der Waals surface area contributed by atoms with Crippen LogP contribution in [-0.4, -0.2) is 4.57 Å². The monoisotopic (exact) mass is 463 g/mol. The van der Waals surface area contributed by atoms with Gasteiger partial charge in [-0.15, -0.1) is 0 Å². The van der Waals surface area contributed by atoms with Crippen molar-refractivity contribution in [2.24, 2.45) is 0 Å². The molecule has 4 rings (SSSR count). The van der Waals surface area contributed by atoms with E-state index < -0.39 is 0 Å². The van der Waals surface area contributed by atoms with E-state index in [0.717, 1.165) is 22.3 Å². The Morgan fingerprint density at radius 2 is 1.67 bits per heavy atom. The second-order valence-electron chi connectivity index (χ2n) is 6.87. The number of ether oxygens (including phenoxy) is 1. The highest BCUT2D eigenvalue weighted by Gasteiger charge is 2.11. The van der Waals surface area contributed by atoms with Gasteiger partial charge in [-0.05, 0) is 56.4 Å². The van der Waals surface area contributed by atoms with E-state index in [-0.39, 0.29) is 17.9 Å². The highest BCUT2D eigenvalue weighted by atomic mass is 79.9. The smallest absolute Gasteiger partial charge is 0.268 e. The zero-order valence-electron chi connectivity index (χ0n) is 16.1. The summed E-state index contributed by atoms with van der Waals surface area (Å²) in [7, 11) is 0. The fourth-order valence-corrected chi connectivity index (χ4v) is 3.77. The summed E-state index contributed by atoms with van der Waals surface area (Å²) >= 11 is 3.36. The normalized spacial score (nSPS) is 10.7. The molecular formula is C25H19BrFNO2. The Kier molecular flexibility index (Phi) is 6.10. The summed E-state index contributed by atoms with van der Waals surface area (Å²) in [4.78, 5) is 12.7. The Balaban J connectivity index is 1.54. The van der Waals surface area contributed by atoms with E-state index in [1.165, 1.54) is 16.7 Å². The van der Waals surface area contributed by atoms with Gasteiger partial charge in [-0.25, -0.2) is 4.39 Å². The van der Waals surface area contributed by atoms with Gasteiger partial charge in [0.15, 0.2) is 0 Å². The Hall–Kier alpha value is -3.18. The first-order valence-electron chi connectivity index (χ1n) is 9.51. The number of pyridine rings is 1. The molecule has 1 aromatic heterocycles. The average Bonchev–Trinajstić information content (AvgIpc) is 2.77. The van der Waals surface area contributed by atoms with Gasteiger partial charge in [-0.1, -0.05) is 66.7 Å². The van der Waals surface area contributed by atoms with Gasteiger partial charge < -0.3 is 9.30 Å². The number of benzene rings is 3. The van der Waals surface area contributed by atoms with Crippen LogP contribution < -0.4 is 10.3 Å². The Morgan fingerprint density at radius 1 is 0.900 bits per heavy atom. The number of nitrogens with zero attached hydrogens (tertiary/aromatic N) is 1. The van der Waals surface area contributed by atoms with Crippen LogP contribution in [0, 0.1) is 5.82 Å². The van der Waals surface area contributed by atoms with E-state index >= 15 is 0 Å². The van der Waals surface area contributed by atoms with Crippen LogP contribution in [0.5, 0.6) is 5.75 Å². The molecule has 0 fully saturated rings. The third kappa shape index (κ3) is 4.52. The number of rotatable bonds is 6. The van der Waals surface area contributed by atoms with Crippen molar-refractivity contribution >= 4 is 15.9 Å². The molecule has 3 aromatic carbocycles. The fraction of sp³-hybridized carbons (Fsp3) is 0.0800. The van der Waals surface area contributed by atoms with Crippen molar-refractivity contribution in [1.29, 1.82) is 0 Å². The molecule has 0 bridgehead atoms. The fourth-order valence-electron chi connectivity index (χ4n) is 3.30. The molecule has 150 valence electrons. The van der Waals surface area contributed by atoms with Crippen molar-refractivity contribution < 1.29 is 9.13 Å². The largest absolute Gasteiger partial charge is 0.487 e. The minimum Gasteiger partial charge on any atom is -0.487 e. The van der Waals surface area contributed by atoms with Crippen LogP contribution in [-0.2, 0) is 13.2 Å². The first-order chi connectivity index (χ1) is 14.6. The number of halogens is 2. The Bertz CT molecular complexity index is 1220. The van der Waals surface area contributed by atoms with Crippen molar-refractivity contribution in [3.63, 3.8) is 0 Å².